The molecule has 0 unspecified atom stereocenters. The van der Waals surface area contributed by atoms with Gasteiger partial charge >= 0.3 is 12.0 Å². The minimum absolute atomic E-state index is 0.197. The monoisotopic (exact) mass is 302 g/mol. The maximum absolute atomic E-state index is 13.4. The lowest BCUT2D eigenvalue weighted by atomic mass is 10.2. The molecule has 0 bridgehead atoms. The van der Waals surface area contributed by atoms with Crippen LogP contribution in [0.1, 0.15) is 12.8 Å². The van der Waals surface area contributed by atoms with Gasteiger partial charge in [-0.25, -0.2) is 18.0 Å². The Morgan fingerprint density at radius 3 is 2.29 bits per heavy atom. The molecule has 0 heterocycles. The highest BCUT2D eigenvalue weighted by Crippen LogP contribution is 2.30. The summed E-state index contributed by atoms with van der Waals surface area (Å²) in [6, 6.07) is -0.0730. The quantitative estimate of drug-likeness (QED) is 0.877. The zero-order valence-corrected chi connectivity index (χ0v) is 10.9. The minimum atomic E-state index is -1.26. The molecule has 1 aliphatic rings. The van der Waals surface area contributed by atoms with E-state index in [2.05, 4.69) is 0 Å². The number of hydrogen-bond donors (Lipinski definition) is 2. The number of carbonyl (C=O) groups is 2. The predicted molar refractivity (Wildman–Crippen MR) is 67.3 cm³/mol. The number of amides is 2. The number of aliphatic carboxylic acids is 1. The molecule has 0 aliphatic heterocycles. The zero-order valence-electron chi connectivity index (χ0n) is 10.9. The Kier molecular flexibility index (Phi) is 4.35. The first-order chi connectivity index (χ1) is 9.86. The number of carboxylic acids is 1. The van der Waals surface area contributed by atoms with Crippen molar-refractivity contribution in [2.24, 2.45) is 5.92 Å². The topological polar surface area (TPSA) is 69.6 Å². The highest BCUT2D eigenvalue weighted by molar-refractivity contribution is 5.91. The molecule has 0 atom stereocenters. The van der Waals surface area contributed by atoms with Crippen LogP contribution in [0.2, 0.25) is 0 Å². The predicted octanol–water partition coefficient (Wildman–Crippen LogP) is 2.43. The van der Waals surface area contributed by atoms with Gasteiger partial charge < -0.3 is 15.3 Å². The summed E-state index contributed by atoms with van der Waals surface area (Å²) in [6.07, 6.45) is 1.76. The number of nitrogens with one attached hydrogen (secondary N) is 1. The minimum Gasteiger partial charge on any atom is -0.480 e. The van der Waals surface area contributed by atoms with Crippen molar-refractivity contribution in [2.45, 2.75) is 12.8 Å². The van der Waals surface area contributed by atoms with E-state index in [1.165, 1.54) is 0 Å². The van der Waals surface area contributed by atoms with Crippen LogP contribution in [0.3, 0.4) is 0 Å². The first-order valence-electron chi connectivity index (χ1n) is 6.29. The third kappa shape index (κ3) is 4.11. The van der Waals surface area contributed by atoms with E-state index in [4.69, 9.17) is 5.11 Å². The van der Waals surface area contributed by atoms with Crippen molar-refractivity contribution in [3.05, 3.63) is 29.6 Å². The van der Waals surface area contributed by atoms with E-state index in [9.17, 15) is 22.8 Å². The molecule has 8 heteroatoms. The van der Waals surface area contributed by atoms with E-state index in [0.717, 1.165) is 17.7 Å². The van der Waals surface area contributed by atoms with Crippen LogP contribution >= 0.6 is 0 Å². The fourth-order valence-corrected chi connectivity index (χ4v) is 1.84. The summed E-state index contributed by atoms with van der Waals surface area (Å²) in [5, 5.41) is 10.7. The van der Waals surface area contributed by atoms with Gasteiger partial charge in [0, 0.05) is 18.7 Å². The normalized spacial score (nSPS) is 13.9. The molecule has 2 N–H and O–H groups in total. The fourth-order valence-electron chi connectivity index (χ4n) is 1.84. The van der Waals surface area contributed by atoms with Gasteiger partial charge in [0.25, 0.3) is 0 Å². The Balaban J connectivity index is 2.12. The summed E-state index contributed by atoms with van der Waals surface area (Å²) in [7, 11) is 0. The summed E-state index contributed by atoms with van der Waals surface area (Å²) in [5.41, 5.74) is -0.799. The van der Waals surface area contributed by atoms with Crippen molar-refractivity contribution < 1.29 is 27.9 Å². The van der Waals surface area contributed by atoms with E-state index in [0.29, 0.717) is 12.1 Å². The number of benzene rings is 1. The summed E-state index contributed by atoms with van der Waals surface area (Å²) in [6.45, 7) is -0.380. The van der Waals surface area contributed by atoms with Crippen molar-refractivity contribution >= 4 is 17.7 Å². The van der Waals surface area contributed by atoms with Crippen LogP contribution in [0, 0.1) is 23.4 Å². The van der Waals surface area contributed by atoms with Crippen LogP contribution in [-0.4, -0.2) is 35.1 Å². The number of halogens is 3. The van der Waals surface area contributed by atoms with Crippen molar-refractivity contribution in [3.8, 4) is 0 Å². The van der Waals surface area contributed by atoms with E-state index in [1.807, 2.05) is 5.32 Å². The molecule has 0 radical (unpaired) electrons. The first-order valence-corrected chi connectivity index (χ1v) is 6.29. The largest absolute Gasteiger partial charge is 0.480 e. The van der Waals surface area contributed by atoms with Gasteiger partial charge in [-0.1, -0.05) is 0 Å². The van der Waals surface area contributed by atoms with Gasteiger partial charge in [-0.05, 0) is 18.8 Å². The van der Waals surface area contributed by atoms with Gasteiger partial charge in [0.2, 0.25) is 0 Å². The van der Waals surface area contributed by atoms with Crippen LogP contribution in [0.15, 0.2) is 12.1 Å². The standard InChI is InChI=1S/C13H13F3N2O3/c14-8-3-9(15)12(10(16)4-8)17-13(21)18(6-11(19)20)5-7-1-2-7/h3-4,7H,1-2,5-6H2,(H,17,21)(H,19,20). The number of rotatable bonds is 5. The van der Waals surface area contributed by atoms with Crippen molar-refractivity contribution in [1.82, 2.24) is 4.90 Å². The molecule has 1 fully saturated rings. The highest BCUT2D eigenvalue weighted by atomic mass is 19.1. The maximum atomic E-state index is 13.4. The molecule has 0 spiro atoms. The van der Waals surface area contributed by atoms with Gasteiger partial charge in [0.05, 0.1) is 0 Å². The van der Waals surface area contributed by atoms with E-state index < -0.39 is 41.7 Å². The maximum Gasteiger partial charge on any atom is 0.323 e. The third-order valence-corrected chi connectivity index (χ3v) is 3.03. The van der Waals surface area contributed by atoms with E-state index in [-0.39, 0.29) is 12.5 Å². The molecule has 1 saturated carbocycles. The number of carboxylic acid groups (broad SMARTS) is 1. The second-order valence-electron chi connectivity index (χ2n) is 4.89. The second kappa shape index (κ2) is 6.02. The van der Waals surface area contributed by atoms with Crippen molar-refractivity contribution in [2.75, 3.05) is 18.4 Å². The lowest BCUT2D eigenvalue weighted by Gasteiger charge is -2.21. The zero-order chi connectivity index (χ0) is 15.6. The summed E-state index contributed by atoms with van der Waals surface area (Å²) in [4.78, 5) is 23.6. The Labute approximate surface area is 118 Å². The lowest BCUT2D eigenvalue weighted by molar-refractivity contribution is -0.137. The molecular weight excluding hydrogens is 289 g/mol. The Hall–Kier alpha value is -2.25. The molecule has 5 nitrogen and oxygen atoms in total. The average molecular weight is 302 g/mol. The average Bonchev–Trinajstić information content (AvgIpc) is 3.16. The van der Waals surface area contributed by atoms with E-state index in [1.54, 1.807) is 0 Å². The summed E-state index contributed by atoms with van der Waals surface area (Å²) in [5.74, 6) is -4.66. The smallest absolute Gasteiger partial charge is 0.323 e. The molecule has 0 aromatic heterocycles. The highest BCUT2D eigenvalue weighted by Gasteiger charge is 2.28. The molecule has 2 rings (SSSR count). The van der Waals surface area contributed by atoms with Crippen molar-refractivity contribution in [3.63, 3.8) is 0 Å². The van der Waals surface area contributed by atoms with E-state index >= 15 is 0 Å². The molecule has 21 heavy (non-hydrogen) atoms. The molecule has 1 aromatic rings. The van der Waals surface area contributed by atoms with Gasteiger partial charge in [-0.15, -0.1) is 0 Å². The molecule has 0 saturated heterocycles. The van der Waals surface area contributed by atoms with Gasteiger partial charge in [0.15, 0.2) is 11.6 Å². The van der Waals surface area contributed by atoms with Crippen molar-refractivity contribution in [1.29, 1.82) is 0 Å². The Morgan fingerprint density at radius 2 is 1.81 bits per heavy atom. The van der Waals surface area contributed by atoms with Crippen LogP contribution in [0.4, 0.5) is 23.7 Å². The number of nitrogens with zero attached hydrogens (tertiary/aromatic N) is 1. The summed E-state index contributed by atoms with van der Waals surface area (Å²) >= 11 is 0. The number of hydrogen-bond acceptors (Lipinski definition) is 2. The SMILES string of the molecule is O=C(O)CN(CC1CC1)C(=O)Nc1c(F)cc(F)cc1F. The first kappa shape index (κ1) is 15.1. The Morgan fingerprint density at radius 1 is 1.24 bits per heavy atom. The Bertz CT molecular complexity index is 553. The molecule has 2 amide bonds. The van der Waals surface area contributed by atoms with Gasteiger partial charge in [-0.2, -0.15) is 0 Å². The molecular formula is C13H13F3N2O3. The lowest BCUT2D eigenvalue weighted by Crippen LogP contribution is -2.40. The molecule has 1 aliphatic carbocycles. The van der Waals surface area contributed by atoms with Crippen LogP contribution in [-0.2, 0) is 4.79 Å². The number of urea groups is 1. The van der Waals surface area contributed by atoms with Gasteiger partial charge in [0.1, 0.15) is 18.0 Å². The van der Waals surface area contributed by atoms with Crippen LogP contribution < -0.4 is 5.32 Å². The number of anilines is 1. The van der Waals surface area contributed by atoms with Crippen LogP contribution in [0.5, 0.6) is 0 Å². The third-order valence-electron chi connectivity index (χ3n) is 3.03. The number of carbonyl (C=O) groups excluding carboxylic acids is 1. The van der Waals surface area contributed by atoms with Gasteiger partial charge in [-0.3, -0.25) is 4.79 Å². The molecule has 114 valence electrons. The fraction of sp³-hybridized carbons (Fsp3) is 0.385. The van der Waals surface area contributed by atoms with Crippen LogP contribution in [0.25, 0.3) is 0 Å². The summed E-state index contributed by atoms with van der Waals surface area (Å²) < 4.78 is 39.7. The second-order valence-corrected chi connectivity index (χ2v) is 4.89. The molecule has 1 aromatic carbocycles.